The van der Waals surface area contributed by atoms with Gasteiger partial charge >= 0.3 is 0 Å². The molecule has 0 radical (unpaired) electrons. The normalized spacial score (nSPS) is 13.1. The molecule has 0 saturated carbocycles. The standard InChI is InChI=1S/C39H59N3O16S5/c1-34-6-12-37(13-7-34)61(47,48)40(18-20-41(62(49,50)38-14-8-35(2)9-15-38)22-24-53-26-28-55-30-32-57-59(4,43)44)19-21-42(63(51,52)39-16-10-36(3)11-17-39)23-25-54-27-29-56-31-33-58-60(5,45)46/h6-17H,18-33H2,1-5H3. The molecule has 356 valence electrons. The van der Waals surface area contributed by atoms with Crippen LogP contribution in [0.15, 0.2) is 87.5 Å². The van der Waals surface area contributed by atoms with Gasteiger partial charge in [0.1, 0.15) is 0 Å². The molecule has 0 aromatic heterocycles. The van der Waals surface area contributed by atoms with E-state index in [1.54, 1.807) is 57.2 Å². The summed E-state index contributed by atoms with van der Waals surface area (Å²) in [7, 11) is -20.0. The van der Waals surface area contributed by atoms with E-state index in [1.165, 1.54) is 36.4 Å². The van der Waals surface area contributed by atoms with Gasteiger partial charge in [-0.05, 0) is 57.2 Å². The number of benzene rings is 3. The summed E-state index contributed by atoms with van der Waals surface area (Å²) < 4.78 is 164. The first-order chi connectivity index (χ1) is 29.5. The number of rotatable bonds is 32. The van der Waals surface area contributed by atoms with Gasteiger partial charge in [0.2, 0.25) is 30.1 Å². The second kappa shape index (κ2) is 25.7. The van der Waals surface area contributed by atoms with Crippen LogP contribution in [-0.2, 0) is 77.6 Å². The van der Waals surface area contributed by atoms with Crippen LogP contribution in [0, 0.1) is 20.8 Å². The number of hydrogen-bond donors (Lipinski definition) is 0. The lowest BCUT2D eigenvalue weighted by atomic mass is 10.2. The van der Waals surface area contributed by atoms with E-state index in [0.717, 1.165) is 42.1 Å². The molecule has 0 spiro atoms. The van der Waals surface area contributed by atoms with Gasteiger partial charge in [-0.2, -0.15) is 29.8 Å². The minimum absolute atomic E-state index is 0.0198. The van der Waals surface area contributed by atoms with Crippen molar-refractivity contribution >= 4 is 50.3 Å². The molecule has 3 aromatic carbocycles. The molecule has 3 rings (SSSR count). The van der Waals surface area contributed by atoms with Crippen molar-refractivity contribution in [1.82, 2.24) is 12.9 Å². The summed E-state index contributed by atoms with van der Waals surface area (Å²) in [6.07, 6.45) is 1.83. The van der Waals surface area contributed by atoms with Crippen LogP contribution < -0.4 is 0 Å². The van der Waals surface area contributed by atoms with E-state index in [9.17, 15) is 42.1 Å². The second-order valence-electron chi connectivity index (χ2n) is 14.2. The molecule has 0 aliphatic carbocycles. The van der Waals surface area contributed by atoms with Crippen LogP contribution in [0.5, 0.6) is 0 Å². The van der Waals surface area contributed by atoms with Crippen LogP contribution in [0.1, 0.15) is 16.7 Å². The Kier molecular flexibility index (Phi) is 22.2. The summed E-state index contributed by atoms with van der Waals surface area (Å²) in [5.41, 5.74) is 2.44. The van der Waals surface area contributed by atoms with Gasteiger partial charge in [0.25, 0.3) is 20.2 Å². The summed E-state index contributed by atoms with van der Waals surface area (Å²) in [5, 5.41) is 0. The molecule has 0 N–H and O–H groups in total. The molecular weight excluding hydrogens is 927 g/mol. The van der Waals surface area contributed by atoms with Crippen LogP contribution in [0.4, 0.5) is 0 Å². The zero-order valence-electron chi connectivity index (χ0n) is 36.2. The molecule has 0 aliphatic heterocycles. The van der Waals surface area contributed by atoms with E-state index in [2.05, 4.69) is 8.37 Å². The molecule has 0 atom stereocenters. The minimum Gasteiger partial charge on any atom is -0.378 e. The van der Waals surface area contributed by atoms with Crippen molar-refractivity contribution in [3.63, 3.8) is 0 Å². The van der Waals surface area contributed by atoms with Gasteiger partial charge in [0, 0.05) is 39.3 Å². The number of sulfonamides is 3. The third kappa shape index (κ3) is 19.6. The van der Waals surface area contributed by atoms with Crippen LogP contribution >= 0.6 is 0 Å². The topological polar surface area (TPSA) is 236 Å². The molecule has 0 unspecified atom stereocenters. The third-order valence-electron chi connectivity index (χ3n) is 8.94. The number of ether oxygens (including phenoxy) is 4. The van der Waals surface area contributed by atoms with E-state index >= 15 is 0 Å². The maximum absolute atomic E-state index is 14.3. The van der Waals surface area contributed by atoms with Crippen LogP contribution in [-0.4, -0.2) is 173 Å². The smallest absolute Gasteiger partial charge is 0.264 e. The van der Waals surface area contributed by atoms with Gasteiger partial charge in [-0.1, -0.05) is 53.1 Å². The molecule has 24 heteroatoms. The lowest BCUT2D eigenvalue weighted by Gasteiger charge is -2.29. The number of aryl methyl sites for hydroxylation is 3. The minimum atomic E-state index is -4.34. The van der Waals surface area contributed by atoms with Crippen molar-refractivity contribution in [2.75, 3.05) is 118 Å². The van der Waals surface area contributed by atoms with Gasteiger partial charge in [-0.3, -0.25) is 8.37 Å². The summed E-state index contributed by atoms with van der Waals surface area (Å²) in [6, 6.07) is 18.4. The Balaban J connectivity index is 1.84. The molecule has 63 heavy (non-hydrogen) atoms. The molecule has 0 saturated heterocycles. The Labute approximate surface area is 373 Å². The highest BCUT2D eigenvalue weighted by molar-refractivity contribution is 7.90. The highest BCUT2D eigenvalue weighted by Gasteiger charge is 2.32. The lowest BCUT2D eigenvalue weighted by Crippen LogP contribution is -2.46. The zero-order valence-corrected chi connectivity index (χ0v) is 40.2. The molecular formula is C39H59N3O16S5. The summed E-state index contributed by atoms with van der Waals surface area (Å²) in [6.45, 7) is 3.15. The Bertz CT molecular complexity index is 2270. The first-order valence-electron chi connectivity index (χ1n) is 19.7. The highest BCUT2D eigenvalue weighted by Crippen LogP contribution is 2.22. The average molecular weight is 986 g/mol. The maximum Gasteiger partial charge on any atom is 0.264 e. The van der Waals surface area contributed by atoms with Crippen LogP contribution in [0.3, 0.4) is 0 Å². The van der Waals surface area contributed by atoms with Crippen molar-refractivity contribution in [3.05, 3.63) is 89.5 Å². The predicted molar refractivity (Wildman–Crippen MR) is 235 cm³/mol. The lowest BCUT2D eigenvalue weighted by molar-refractivity contribution is 0.0342. The van der Waals surface area contributed by atoms with Gasteiger partial charge in [-0.25, -0.2) is 25.3 Å². The zero-order chi connectivity index (χ0) is 46.7. The molecule has 0 heterocycles. The fourth-order valence-electron chi connectivity index (χ4n) is 5.55. The quantitative estimate of drug-likeness (QED) is 0.0643. The molecule has 3 aromatic rings. The Morgan fingerprint density at radius 1 is 0.333 bits per heavy atom. The molecule has 0 bridgehead atoms. The molecule has 0 fully saturated rings. The molecule has 0 amide bonds. The summed E-state index contributed by atoms with van der Waals surface area (Å²) in [5.74, 6) is 0. The highest BCUT2D eigenvalue weighted by atomic mass is 32.2. The monoisotopic (exact) mass is 985 g/mol. The van der Waals surface area contributed by atoms with E-state index in [0.29, 0.717) is 0 Å². The van der Waals surface area contributed by atoms with Gasteiger partial charge in [0.05, 0.1) is 93.3 Å². The fourth-order valence-corrected chi connectivity index (χ4v) is 10.5. The summed E-state index contributed by atoms with van der Waals surface area (Å²) >= 11 is 0. The number of nitrogens with zero attached hydrogens (tertiary/aromatic N) is 3. The average Bonchev–Trinajstić information content (AvgIpc) is 3.20. The first kappa shape index (κ1) is 54.4. The van der Waals surface area contributed by atoms with E-state index < -0.39 is 50.3 Å². The van der Waals surface area contributed by atoms with Crippen LogP contribution in [0.25, 0.3) is 0 Å². The Hall–Kier alpha value is -2.95. The summed E-state index contributed by atoms with van der Waals surface area (Å²) in [4.78, 5) is -0.138. The van der Waals surface area contributed by atoms with E-state index in [1.807, 2.05) is 0 Å². The van der Waals surface area contributed by atoms with Crippen molar-refractivity contribution in [2.24, 2.45) is 0 Å². The van der Waals surface area contributed by atoms with E-state index in [-0.39, 0.29) is 120 Å². The molecule has 0 aliphatic rings. The SMILES string of the molecule is Cc1ccc(S(=O)(=O)N(CCOCCOCCOS(C)(=O)=O)CCN(CCN(CCOCCOCCOS(C)(=O)=O)S(=O)(=O)c2ccc(C)cc2)S(=O)(=O)c2ccc(C)cc2)cc1. The second-order valence-corrected chi connectivity index (χ2v) is 23.3. The first-order valence-corrected chi connectivity index (χ1v) is 27.7. The van der Waals surface area contributed by atoms with Gasteiger partial charge in [0.15, 0.2) is 0 Å². The Morgan fingerprint density at radius 3 is 0.810 bits per heavy atom. The molecule has 19 nitrogen and oxygen atoms in total. The van der Waals surface area contributed by atoms with Crippen molar-refractivity contribution in [1.29, 1.82) is 0 Å². The van der Waals surface area contributed by atoms with Crippen LogP contribution in [0.2, 0.25) is 0 Å². The van der Waals surface area contributed by atoms with Crippen molar-refractivity contribution in [3.8, 4) is 0 Å². The Morgan fingerprint density at radius 2 is 0.556 bits per heavy atom. The van der Waals surface area contributed by atoms with Crippen molar-refractivity contribution in [2.45, 2.75) is 35.5 Å². The predicted octanol–water partition coefficient (Wildman–Crippen LogP) is 2.00. The van der Waals surface area contributed by atoms with Gasteiger partial charge in [-0.15, -0.1) is 0 Å². The van der Waals surface area contributed by atoms with Gasteiger partial charge < -0.3 is 18.9 Å². The number of hydrogen-bond acceptors (Lipinski definition) is 16. The fraction of sp³-hybridized carbons (Fsp3) is 0.538. The largest absolute Gasteiger partial charge is 0.378 e. The third-order valence-corrected chi connectivity index (χ3v) is 15.9. The maximum atomic E-state index is 14.3. The van der Waals surface area contributed by atoms with Crippen molar-refractivity contribution < 1.29 is 69.4 Å². The van der Waals surface area contributed by atoms with E-state index in [4.69, 9.17) is 18.9 Å².